The van der Waals surface area contributed by atoms with Gasteiger partial charge in [0.05, 0.1) is 0 Å². The molecular weight excluding hydrogens is 286 g/mol. The Bertz CT molecular complexity index is 664. The lowest BCUT2D eigenvalue weighted by Crippen LogP contribution is -2.40. The third kappa shape index (κ3) is 3.37. The summed E-state index contributed by atoms with van der Waals surface area (Å²) in [4.78, 5) is 11.8. The zero-order valence-electron chi connectivity index (χ0n) is 12.3. The Kier molecular flexibility index (Phi) is 4.24. The Morgan fingerprint density at radius 3 is 2.29 bits per heavy atom. The summed E-state index contributed by atoms with van der Waals surface area (Å²) >= 11 is 5.96. The van der Waals surface area contributed by atoms with Crippen LogP contribution in [0.1, 0.15) is 23.6 Å². The van der Waals surface area contributed by atoms with Gasteiger partial charge < -0.3 is 10.4 Å². The number of benzene rings is 2. The molecule has 0 aliphatic heterocycles. The fourth-order valence-electron chi connectivity index (χ4n) is 2.37. The molecule has 0 bridgehead atoms. The van der Waals surface area contributed by atoms with Crippen LogP contribution in [0.25, 0.3) is 0 Å². The minimum atomic E-state index is -1.22. The zero-order chi connectivity index (χ0) is 15.6. The van der Waals surface area contributed by atoms with Crippen LogP contribution in [0.15, 0.2) is 42.5 Å². The quantitative estimate of drug-likeness (QED) is 0.882. The number of anilines is 1. The number of carboxylic acid groups (broad SMARTS) is 1. The van der Waals surface area contributed by atoms with Crippen LogP contribution in [0.3, 0.4) is 0 Å². The van der Waals surface area contributed by atoms with Gasteiger partial charge in [0.25, 0.3) is 0 Å². The molecule has 3 nitrogen and oxygen atoms in total. The van der Waals surface area contributed by atoms with Crippen molar-refractivity contribution in [2.75, 3.05) is 5.32 Å². The first-order valence-corrected chi connectivity index (χ1v) is 7.05. The Morgan fingerprint density at radius 2 is 1.76 bits per heavy atom. The van der Waals surface area contributed by atoms with Crippen molar-refractivity contribution < 1.29 is 9.90 Å². The summed E-state index contributed by atoms with van der Waals surface area (Å²) in [6, 6.07) is 12.8. The van der Waals surface area contributed by atoms with Crippen LogP contribution < -0.4 is 5.32 Å². The molecule has 1 unspecified atom stereocenters. The number of aryl methyl sites for hydroxylation is 2. The molecule has 110 valence electrons. The molecule has 0 saturated carbocycles. The number of carbonyl (C=O) groups is 1. The second-order valence-corrected chi connectivity index (χ2v) is 5.88. The molecule has 2 aromatic carbocycles. The van der Waals surface area contributed by atoms with Gasteiger partial charge in [-0.05, 0) is 44.5 Å². The van der Waals surface area contributed by atoms with Gasteiger partial charge in [-0.25, -0.2) is 4.79 Å². The lowest BCUT2D eigenvalue weighted by atomic mass is 9.89. The molecule has 0 spiro atoms. The molecule has 1 atom stereocenters. The van der Waals surface area contributed by atoms with Gasteiger partial charge in [-0.3, -0.25) is 0 Å². The average Bonchev–Trinajstić information content (AvgIpc) is 2.37. The molecule has 0 aliphatic carbocycles. The Balaban J connectivity index is 2.47. The van der Waals surface area contributed by atoms with Crippen molar-refractivity contribution in [2.24, 2.45) is 0 Å². The van der Waals surface area contributed by atoms with E-state index in [1.807, 2.05) is 32.0 Å². The molecule has 2 N–H and O–H groups in total. The Morgan fingerprint density at radius 1 is 1.14 bits per heavy atom. The van der Waals surface area contributed by atoms with Crippen LogP contribution >= 0.6 is 11.6 Å². The number of aliphatic carboxylic acids is 1. The van der Waals surface area contributed by atoms with E-state index in [0.717, 1.165) is 11.1 Å². The number of hydrogen-bond acceptors (Lipinski definition) is 2. The smallest absolute Gasteiger partial charge is 0.333 e. The van der Waals surface area contributed by atoms with Crippen LogP contribution in [0.4, 0.5) is 5.69 Å². The largest absolute Gasteiger partial charge is 0.479 e. The molecule has 21 heavy (non-hydrogen) atoms. The Hall–Kier alpha value is -2.00. The zero-order valence-corrected chi connectivity index (χ0v) is 13.0. The van der Waals surface area contributed by atoms with Crippen LogP contribution in [-0.2, 0) is 10.3 Å². The highest BCUT2D eigenvalue weighted by Gasteiger charge is 2.35. The monoisotopic (exact) mass is 303 g/mol. The molecule has 0 saturated heterocycles. The summed E-state index contributed by atoms with van der Waals surface area (Å²) in [5.74, 6) is -0.938. The maximum absolute atomic E-state index is 11.8. The van der Waals surface area contributed by atoms with E-state index in [2.05, 4.69) is 5.32 Å². The van der Waals surface area contributed by atoms with Gasteiger partial charge in [0.1, 0.15) is 0 Å². The summed E-state index contributed by atoms with van der Waals surface area (Å²) in [6.07, 6.45) is 0. The number of nitrogens with one attached hydrogen (secondary N) is 1. The van der Waals surface area contributed by atoms with Gasteiger partial charge in [0, 0.05) is 10.7 Å². The molecule has 0 amide bonds. The second kappa shape index (κ2) is 5.78. The number of carboxylic acids is 1. The molecule has 0 fully saturated rings. The molecule has 0 heterocycles. The first-order valence-electron chi connectivity index (χ1n) is 6.67. The SMILES string of the molecule is Cc1cc(C)cc(C(C)(Nc2cccc(Cl)c2)C(=O)O)c1. The topological polar surface area (TPSA) is 49.3 Å². The van der Waals surface area contributed by atoms with Crippen LogP contribution in [0.2, 0.25) is 5.02 Å². The predicted molar refractivity (Wildman–Crippen MR) is 86.0 cm³/mol. The van der Waals surface area contributed by atoms with E-state index in [0.29, 0.717) is 16.3 Å². The van der Waals surface area contributed by atoms with Crippen molar-refractivity contribution in [2.45, 2.75) is 26.3 Å². The van der Waals surface area contributed by atoms with Gasteiger partial charge in [-0.15, -0.1) is 0 Å². The summed E-state index contributed by atoms with van der Waals surface area (Å²) < 4.78 is 0. The fourth-order valence-corrected chi connectivity index (χ4v) is 2.56. The lowest BCUT2D eigenvalue weighted by Gasteiger charge is -2.29. The van der Waals surface area contributed by atoms with E-state index in [4.69, 9.17) is 11.6 Å². The molecular formula is C17H18ClNO2. The van der Waals surface area contributed by atoms with Crippen molar-refractivity contribution in [3.8, 4) is 0 Å². The van der Waals surface area contributed by atoms with Crippen molar-refractivity contribution in [1.82, 2.24) is 0 Å². The van der Waals surface area contributed by atoms with E-state index in [1.165, 1.54) is 0 Å². The van der Waals surface area contributed by atoms with E-state index in [9.17, 15) is 9.90 Å². The van der Waals surface area contributed by atoms with Gasteiger partial charge in [-0.2, -0.15) is 0 Å². The summed E-state index contributed by atoms with van der Waals surface area (Å²) in [5.41, 5.74) is 2.23. The van der Waals surface area contributed by atoms with Gasteiger partial charge >= 0.3 is 5.97 Å². The molecule has 2 aromatic rings. The van der Waals surface area contributed by atoms with Crippen LogP contribution in [-0.4, -0.2) is 11.1 Å². The van der Waals surface area contributed by atoms with Crippen molar-refractivity contribution in [1.29, 1.82) is 0 Å². The van der Waals surface area contributed by atoms with E-state index < -0.39 is 11.5 Å². The van der Waals surface area contributed by atoms with E-state index in [1.54, 1.807) is 31.2 Å². The van der Waals surface area contributed by atoms with E-state index in [-0.39, 0.29) is 0 Å². The van der Waals surface area contributed by atoms with Crippen LogP contribution in [0, 0.1) is 13.8 Å². The normalized spacial score (nSPS) is 13.5. The first-order chi connectivity index (χ1) is 9.81. The van der Waals surface area contributed by atoms with Crippen molar-refractivity contribution in [3.05, 3.63) is 64.2 Å². The van der Waals surface area contributed by atoms with Gasteiger partial charge in [-0.1, -0.05) is 47.0 Å². The maximum atomic E-state index is 11.8. The minimum Gasteiger partial charge on any atom is -0.479 e. The summed E-state index contributed by atoms with van der Waals surface area (Å²) in [7, 11) is 0. The summed E-state index contributed by atoms with van der Waals surface area (Å²) in [5, 5.41) is 13.3. The van der Waals surface area contributed by atoms with Crippen molar-refractivity contribution in [3.63, 3.8) is 0 Å². The van der Waals surface area contributed by atoms with E-state index >= 15 is 0 Å². The lowest BCUT2D eigenvalue weighted by molar-refractivity contribution is -0.142. The first kappa shape index (κ1) is 15.4. The van der Waals surface area contributed by atoms with Crippen molar-refractivity contribution >= 4 is 23.3 Å². The third-order valence-electron chi connectivity index (χ3n) is 3.45. The maximum Gasteiger partial charge on any atom is 0.333 e. The highest BCUT2D eigenvalue weighted by atomic mass is 35.5. The minimum absolute atomic E-state index is 0.563. The number of halogens is 1. The fraction of sp³-hybridized carbons (Fsp3) is 0.235. The van der Waals surface area contributed by atoms with Gasteiger partial charge in [0.15, 0.2) is 5.54 Å². The predicted octanol–water partition coefficient (Wildman–Crippen LogP) is 4.37. The molecule has 2 rings (SSSR count). The molecule has 4 heteroatoms. The third-order valence-corrected chi connectivity index (χ3v) is 3.68. The average molecular weight is 304 g/mol. The molecule has 0 aromatic heterocycles. The standard InChI is InChI=1S/C17H18ClNO2/c1-11-7-12(2)9-13(8-11)17(3,16(20)21)19-15-6-4-5-14(18)10-15/h4-10,19H,1-3H3,(H,20,21). The molecule has 0 radical (unpaired) electrons. The highest BCUT2D eigenvalue weighted by molar-refractivity contribution is 6.30. The van der Waals surface area contributed by atoms with Crippen LogP contribution in [0.5, 0.6) is 0 Å². The Labute approximate surface area is 129 Å². The number of hydrogen-bond donors (Lipinski definition) is 2. The summed E-state index contributed by atoms with van der Waals surface area (Å²) in [6.45, 7) is 5.57. The second-order valence-electron chi connectivity index (χ2n) is 5.44. The highest BCUT2D eigenvalue weighted by Crippen LogP contribution is 2.29. The molecule has 0 aliphatic rings. The van der Waals surface area contributed by atoms with Gasteiger partial charge in [0.2, 0.25) is 0 Å². The number of rotatable bonds is 4.